The van der Waals surface area contributed by atoms with Gasteiger partial charge in [0.2, 0.25) is 5.91 Å². The zero-order valence-electron chi connectivity index (χ0n) is 7.05. The number of hydrogen-bond donors (Lipinski definition) is 0. The van der Waals surface area contributed by atoms with Gasteiger partial charge in [-0.2, -0.15) is 0 Å². The largest absolute Gasteiger partial charge is 0.341 e. The average Bonchev–Trinajstić information content (AvgIpc) is 2.13. The summed E-state index contributed by atoms with van der Waals surface area (Å²) in [4.78, 5) is 14.9. The highest BCUT2D eigenvalue weighted by atomic mass is 16.2. The van der Waals surface area contributed by atoms with Gasteiger partial charge < -0.3 is 9.80 Å². The highest BCUT2D eigenvalue weighted by Gasteiger charge is 2.13. The highest BCUT2D eigenvalue weighted by molar-refractivity contribution is 5.80. The van der Waals surface area contributed by atoms with E-state index in [-0.39, 0.29) is 5.91 Å². The first-order valence-corrected chi connectivity index (χ1v) is 3.99. The van der Waals surface area contributed by atoms with Crippen LogP contribution in [0.25, 0.3) is 0 Å². The van der Waals surface area contributed by atoms with E-state index in [1.807, 2.05) is 4.90 Å². The number of rotatable bonds is 0. The summed E-state index contributed by atoms with van der Waals surface area (Å²) in [6, 6.07) is 0. The van der Waals surface area contributed by atoms with Crippen LogP contribution in [0.3, 0.4) is 0 Å². The molecule has 0 spiro atoms. The molecule has 0 unspecified atom stereocenters. The van der Waals surface area contributed by atoms with Gasteiger partial charge in [-0.1, -0.05) is 0 Å². The third-order valence-corrected chi connectivity index (χ3v) is 2.07. The number of carbonyl (C=O) groups excluding carboxylic acids is 1. The monoisotopic (exact) mass is 155 g/mol. The molecule has 0 saturated carbocycles. The molecule has 0 atom stereocenters. The van der Waals surface area contributed by atoms with Crippen LogP contribution in [0.5, 0.6) is 0 Å². The first-order chi connectivity index (χ1) is 5.20. The van der Waals surface area contributed by atoms with Gasteiger partial charge in [-0.05, 0) is 20.0 Å². The predicted octanol–water partition coefficient (Wildman–Crippen LogP) is -0.0154. The number of carbonyl (C=O) groups is 1. The van der Waals surface area contributed by atoms with E-state index >= 15 is 0 Å². The molecule has 1 rings (SSSR count). The van der Waals surface area contributed by atoms with Crippen LogP contribution in [0.2, 0.25) is 0 Å². The van der Waals surface area contributed by atoms with Crippen molar-refractivity contribution in [2.45, 2.75) is 6.42 Å². The van der Waals surface area contributed by atoms with Crippen LogP contribution in [0.1, 0.15) is 6.42 Å². The zero-order chi connectivity index (χ0) is 8.27. The molecule has 1 aliphatic heterocycles. The fourth-order valence-electron chi connectivity index (χ4n) is 1.30. The minimum atomic E-state index is -0.0414. The smallest absolute Gasteiger partial charge is 0.223 e. The van der Waals surface area contributed by atoms with Gasteiger partial charge in [-0.3, -0.25) is 4.79 Å². The first kappa shape index (κ1) is 8.53. The van der Waals surface area contributed by atoms with Gasteiger partial charge in [0.1, 0.15) is 0 Å². The van der Waals surface area contributed by atoms with Crippen LogP contribution < -0.4 is 0 Å². The number of likely N-dealkylation sites (N-methyl/N-ethyl adjacent to an activating group) is 1. The van der Waals surface area contributed by atoms with Crippen LogP contribution in [0.4, 0.5) is 0 Å². The zero-order valence-corrected chi connectivity index (χ0v) is 7.05. The van der Waals surface area contributed by atoms with Gasteiger partial charge in [-0.15, -0.1) is 0 Å². The lowest BCUT2D eigenvalue weighted by Crippen LogP contribution is -2.32. The van der Waals surface area contributed by atoms with Gasteiger partial charge >= 0.3 is 0 Å². The van der Waals surface area contributed by atoms with Crippen molar-refractivity contribution in [1.29, 1.82) is 0 Å². The minimum Gasteiger partial charge on any atom is -0.341 e. The van der Waals surface area contributed by atoms with Gasteiger partial charge in [-0.25, -0.2) is 0 Å². The average molecular weight is 155 g/mol. The summed E-state index contributed by atoms with van der Waals surface area (Å²) >= 11 is 0. The van der Waals surface area contributed by atoms with Crippen molar-refractivity contribution < 1.29 is 4.79 Å². The lowest BCUT2D eigenvalue weighted by molar-refractivity contribution is -0.126. The van der Waals surface area contributed by atoms with Gasteiger partial charge in [0.05, 0.1) is 0 Å². The SMILES string of the molecule is [CH2]C(=O)N1CCCN(C)CC1. The Hall–Kier alpha value is -0.570. The maximum atomic E-state index is 10.9. The molecule has 1 heterocycles. The molecule has 0 aromatic heterocycles. The van der Waals surface area contributed by atoms with E-state index in [1.54, 1.807) is 0 Å². The van der Waals surface area contributed by atoms with Gasteiger partial charge in [0, 0.05) is 26.6 Å². The van der Waals surface area contributed by atoms with Gasteiger partial charge in [0.25, 0.3) is 0 Å². The molecule has 0 aromatic rings. The van der Waals surface area contributed by atoms with Crippen LogP contribution in [-0.2, 0) is 4.79 Å². The quantitative estimate of drug-likeness (QED) is 0.491. The van der Waals surface area contributed by atoms with Crippen LogP contribution in [0.15, 0.2) is 0 Å². The highest BCUT2D eigenvalue weighted by Crippen LogP contribution is 2.00. The normalized spacial score (nSPS) is 21.5. The van der Waals surface area contributed by atoms with Crippen molar-refractivity contribution >= 4 is 5.91 Å². The Balaban J connectivity index is 2.40. The predicted molar refractivity (Wildman–Crippen MR) is 44.1 cm³/mol. The summed E-state index contributed by atoms with van der Waals surface area (Å²) in [7, 11) is 2.08. The maximum absolute atomic E-state index is 10.9. The second kappa shape index (κ2) is 3.72. The molecule has 1 fully saturated rings. The van der Waals surface area contributed by atoms with Gasteiger partial charge in [0.15, 0.2) is 0 Å². The first-order valence-electron chi connectivity index (χ1n) is 3.99. The Morgan fingerprint density at radius 1 is 1.27 bits per heavy atom. The van der Waals surface area contributed by atoms with Crippen molar-refractivity contribution in [2.75, 3.05) is 33.2 Å². The maximum Gasteiger partial charge on any atom is 0.223 e. The summed E-state index contributed by atoms with van der Waals surface area (Å²) in [6.45, 7) is 7.16. The Kier molecular flexibility index (Phi) is 2.88. The molecule has 3 heteroatoms. The van der Waals surface area contributed by atoms with E-state index in [9.17, 15) is 4.79 Å². The van der Waals surface area contributed by atoms with E-state index in [2.05, 4.69) is 18.9 Å². The second-order valence-corrected chi connectivity index (χ2v) is 3.04. The molecule has 0 aliphatic carbocycles. The third-order valence-electron chi connectivity index (χ3n) is 2.07. The number of amides is 1. The van der Waals surface area contributed by atoms with Crippen LogP contribution in [-0.4, -0.2) is 48.9 Å². The molecule has 1 saturated heterocycles. The van der Waals surface area contributed by atoms with Crippen LogP contribution >= 0.6 is 0 Å². The summed E-state index contributed by atoms with van der Waals surface area (Å²) in [5.41, 5.74) is 0. The lowest BCUT2D eigenvalue weighted by atomic mass is 10.4. The van der Waals surface area contributed by atoms with Crippen molar-refractivity contribution in [3.63, 3.8) is 0 Å². The molecule has 63 valence electrons. The summed E-state index contributed by atoms with van der Waals surface area (Å²) in [6.07, 6.45) is 1.07. The minimum absolute atomic E-state index is 0.0414. The molecule has 0 N–H and O–H groups in total. The molecule has 1 radical (unpaired) electrons. The molecular formula is C8H15N2O. The number of hydrogen-bond acceptors (Lipinski definition) is 2. The molecule has 3 nitrogen and oxygen atoms in total. The van der Waals surface area contributed by atoms with E-state index in [0.717, 1.165) is 32.6 Å². The molecule has 0 bridgehead atoms. The van der Waals surface area contributed by atoms with Crippen LogP contribution in [0, 0.1) is 6.92 Å². The number of nitrogens with zero attached hydrogens (tertiary/aromatic N) is 2. The Bertz CT molecular complexity index is 147. The molecule has 1 aliphatic rings. The van der Waals surface area contributed by atoms with Crippen molar-refractivity contribution in [1.82, 2.24) is 9.80 Å². The molecular weight excluding hydrogens is 140 g/mol. The Morgan fingerprint density at radius 2 is 2.00 bits per heavy atom. The fraction of sp³-hybridized carbons (Fsp3) is 0.750. The van der Waals surface area contributed by atoms with E-state index < -0.39 is 0 Å². The summed E-state index contributed by atoms with van der Waals surface area (Å²) in [5.74, 6) is -0.0414. The fourth-order valence-corrected chi connectivity index (χ4v) is 1.30. The summed E-state index contributed by atoms with van der Waals surface area (Å²) < 4.78 is 0. The standard InChI is InChI=1S/C8H15N2O/c1-8(11)10-5-3-4-9(2)6-7-10/h1,3-7H2,2H3. The second-order valence-electron chi connectivity index (χ2n) is 3.04. The van der Waals surface area contributed by atoms with E-state index in [4.69, 9.17) is 0 Å². The molecule has 0 aromatic carbocycles. The van der Waals surface area contributed by atoms with E-state index in [1.165, 1.54) is 0 Å². The van der Waals surface area contributed by atoms with Crippen molar-refractivity contribution in [3.8, 4) is 0 Å². The molecule has 1 amide bonds. The van der Waals surface area contributed by atoms with E-state index in [0.29, 0.717) is 0 Å². The summed E-state index contributed by atoms with van der Waals surface area (Å²) in [5, 5.41) is 0. The topological polar surface area (TPSA) is 23.6 Å². The Labute approximate surface area is 68.0 Å². The van der Waals surface area contributed by atoms with Crippen molar-refractivity contribution in [2.24, 2.45) is 0 Å². The molecule has 11 heavy (non-hydrogen) atoms. The van der Waals surface area contributed by atoms with Crippen molar-refractivity contribution in [3.05, 3.63) is 6.92 Å². The Morgan fingerprint density at radius 3 is 2.64 bits per heavy atom. The lowest BCUT2D eigenvalue weighted by Gasteiger charge is -2.17. The third kappa shape index (κ3) is 2.50.